The largest absolute Gasteiger partial charge is 0.381 e. The first-order valence-corrected chi connectivity index (χ1v) is 9.10. The van der Waals surface area contributed by atoms with E-state index in [1.807, 2.05) is 25.1 Å². The Kier molecular flexibility index (Phi) is 5.26. The van der Waals surface area contributed by atoms with Gasteiger partial charge in [0.1, 0.15) is 6.04 Å². The number of carbonyl (C=O) groups is 1. The van der Waals surface area contributed by atoms with Gasteiger partial charge < -0.3 is 9.64 Å². The Hall–Kier alpha value is -1.39. The van der Waals surface area contributed by atoms with Gasteiger partial charge in [-0.2, -0.15) is 0 Å². The molecule has 1 atom stereocenters. The van der Waals surface area contributed by atoms with E-state index < -0.39 is 0 Å². The van der Waals surface area contributed by atoms with Crippen LogP contribution in [-0.2, 0) is 9.53 Å². The zero-order chi connectivity index (χ0) is 17.2. The van der Waals surface area contributed by atoms with Crippen LogP contribution in [0.25, 0.3) is 0 Å². The van der Waals surface area contributed by atoms with Crippen LogP contribution in [0.2, 0.25) is 0 Å². The summed E-state index contributed by atoms with van der Waals surface area (Å²) in [4.78, 5) is 17.3. The minimum atomic E-state index is -0.186. The predicted octanol–water partition coefficient (Wildman–Crippen LogP) is 3.02. The van der Waals surface area contributed by atoms with E-state index in [1.165, 1.54) is 5.56 Å². The van der Waals surface area contributed by atoms with E-state index in [4.69, 9.17) is 4.74 Å². The SMILES string of the molecule is Cc1cccc(C(C(=O)N2CCC3(CCOCC3)CC2)N(C)C)c1. The number of hydrogen-bond donors (Lipinski definition) is 0. The molecule has 2 aliphatic rings. The van der Waals surface area contributed by atoms with Crippen LogP contribution in [0.3, 0.4) is 0 Å². The second kappa shape index (κ2) is 7.24. The molecule has 1 spiro atoms. The molecule has 0 bridgehead atoms. The summed E-state index contributed by atoms with van der Waals surface area (Å²) < 4.78 is 5.52. The lowest BCUT2D eigenvalue weighted by Gasteiger charge is -2.45. The molecule has 2 aliphatic heterocycles. The third-order valence-electron chi connectivity index (χ3n) is 5.80. The summed E-state index contributed by atoms with van der Waals surface area (Å²) in [5.41, 5.74) is 2.72. The Morgan fingerprint density at radius 2 is 1.83 bits per heavy atom. The molecule has 0 N–H and O–H groups in total. The Morgan fingerprint density at radius 3 is 2.42 bits per heavy atom. The molecule has 132 valence electrons. The molecule has 2 heterocycles. The van der Waals surface area contributed by atoms with Crippen LogP contribution in [0.5, 0.6) is 0 Å². The van der Waals surface area contributed by atoms with Crippen molar-refractivity contribution in [3.05, 3.63) is 35.4 Å². The standard InChI is InChI=1S/C20H30N2O2/c1-16-5-4-6-17(15-16)18(21(2)3)19(23)22-11-7-20(8-12-22)9-13-24-14-10-20/h4-6,15,18H,7-14H2,1-3H3. The number of aryl methyl sites for hydroxylation is 1. The van der Waals surface area contributed by atoms with Gasteiger partial charge in [0, 0.05) is 26.3 Å². The zero-order valence-corrected chi connectivity index (χ0v) is 15.3. The Balaban J connectivity index is 1.70. The first-order chi connectivity index (χ1) is 11.5. The number of nitrogens with zero attached hydrogens (tertiary/aromatic N) is 2. The molecule has 3 rings (SSSR count). The van der Waals surface area contributed by atoms with Crippen LogP contribution < -0.4 is 0 Å². The molecule has 24 heavy (non-hydrogen) atoms. The average molecular weight is 330 g/mol. The van der Waals surface area contributed by atoms with Crippen molar-refractivity contribution in [3.63, 3.8) is 0 Å². The first kappa shape index (κ1) is 17.4. The molecule has 1 aromatic rings. The molecular formula is C20H30N2O2. The van der Waals surface area contributed by atoms with E-state index in [0.29, 0.717) is 5.41 Å². The Labute approximate surface area is 145 Å². The van der Waals surface area contributed by atoms with E-state index in [1.54, 1.807) is 0 Å². The molecule has 2 fully saturated rings. The second-order valence-electron chi connectivity index (χ2n) is 7.72. The van der Waals surface area contributed by atoms with Crippen molar-refractivity contribution >= 4 is 5.91 Å². The maximum Gasteiger partial charge on any atom is 0.244 e. The van der Waals surface area contributed by atoms with Crippen LogP contribution in [0, 0.1) is 12.3 Å². The fraction of sp³-hybridized carbons (Fsp3) is 0.650. The zero-order valence-electron chi connectivity index (χ0n) is 15.3. The number of piperidine rings is 1. The molecule has 1 amide bonds. The molecule has 4 nitrogen and oxygen atoms in total. The molecule has 1 aromatic carbocycles. The normalized spacial score (nSPS) is 21.9. The Bertz CT molecular complexity index is 569. The highest BCUT2D eigenvalue weighted by molar-refractivity contribution is 5.83. The fourth-order valence-corrected chi connectivity index (χ4v) is 4.18. The van der Waals surface area contributed by atoms with Crippen LogP contribution in [-0.4, -0.2) is 56.1 Å². The molecule has 0 radical (unpaired) electrons. The van der Waals surface area contributed by atoms with Crippen LogP contribution in [0.4, 0.5) is 0 Å². The lowest BCUT2D eigenvalue weighted by Crippen LogP contribution is -2.48. The number of amides is 1. The second-order valence-corrected chi connectivity index (χ2v) is 7.72. The van der Waals surface area contributed by atoms with Gasteiger partial charge in [0.25, 0.3) is 0 Å². The molecule has 4 heteroatoms. The maximum atomic E-state index is 13.2. The minimum absolute atomic E-state index is 0.186. The monoisotopic (exact) mass is 330 g/mol. The summed E-state index contributed by atoms with van der Waals surface area (Å²) >= 11 is 0. The van der Waals surface area contributed by atoms with Gasteiger partial charge in [-0.3, -0.25) is 9.69 Å². The van der Waals surface area contributed by atoms with Crippen molar-refractivity contribution in [2.24, 2.45) is 5.41 Å². The van der Waals surface area contributed by atoms with Crippen molar-refractivity contribution in [1.29, 1.82) is 0 Å². The van der Waals surface area contributed by atoms with Gasteiger partial charge in [0.2, 0.25) is 5.91 Å². The topological polar surface area (TPSA) is 32.8 Å². The highest BCUT2D eigenvalue weighted by atomic mass is 16.5. The number of likely N-dealkylation sites (tertiary alicyclic amines) is 1. The van der Waals surface area contributed by atoms with E-state index >= 15 is 0 Å². The smallest absolute Gasteiger partial charge is 0.244 e. The van der Waals surface area contributed by atoms with E-state index in [0.717, 1.165) is 57.6 Å². The van der Waals surface area contributed by atoms with Gasteiger partial charge >= 0.3 is 0 Å². The third kappa shape index (κ3) is 3.65. The van der Waals surface area contributed by atoms with Gasteiger partial charge in [-0.25, -0.2) is 0 Å². The lowest BCUT2D eigenvalue weighted by molar-refractivity contribution is -0.139. The third-order valence-corrected chi connectivity index (χ3v) is 5.80. The van der Waals surface area contributed by atoms with Crippen molar-refractivity contribution in [2.75, 3.05) is 40.4 Å². The molecule has 0 aromatic heterocycles. The van der Waals surface area contributed by atoms with E-state index in [-0.39, 0.29) is 11.9 Å². The molecule has 0 aliphatic carbocycles. The summed E-state index contributed by atoms with van der Waals surface area (Å²) in [7, 11) is 3.99. The van der Waals surface area contributed by atoms with Crippen molar-refractivity contribution in [1.82, 2.24) is 9.80 Å². The van der Waals surface area contributed by atoms with E-state index in [9.17, 15) is 4.79 Å². The number of benzene rings is 1. The fourth-order valence-electron chi connectivity index (χ4n) is 4.18. The molecule has 0 saturated carbocycles. The van der Waals surface area contributed by atoms with Crippen molar-refractivity contribution in [2.45, 2.75) is 38.6 Å². The first-order valence-electron chi connectivity index (χ1n) is 9.10. The highest BCUT2D eigenvalue weighted by Crippen LogP contribution is 2.41. The maximum absolute atomic E-state index is 13.2. The summed E-state index contributed by atoms with van der Waals surface area (Å²) in [5, 5.41) is 0. The lowest BCUT2D eigenvalue weighted by atomic mass is 9.72. The summed E-state index contributed by atoms with van der Waals surface area (Å²) in [6.45, 7) is 5.62. The van der Waals surface area contributed by atoms with Crippen molar-refractivity contribution < 1.29 is 9.53 Å². The predicted molar refractivity (Wildman–Crippen MR) is 95.9 cm³/mol. The van der Waals surface area contributed by atoms with Crippen LogP contribution >= 0.6 is 0 Å². The number of carbonyl (C=O) groups excluding carboxylic acids is 1. The summed E-state index contributed by atoms with van der Waals surface area (Å²) in [5.74, 6) is 0.243. The molecule has 2 saturated heterocycles. The number of rotatable bonds is 3. The van der Waals surface area contributed by atoms with Crippen LogP contribution in [0.1, 0.15) is 42.9 Å². The van der Waals surface area contributed by atoms with E-state index in [2.05, 4.69) is 30.0 Å². The Morgan fingerprint density at radius 1 is 1.17 bits per heavy atom. The molecular weight excluding hydrogens is 300 g/mol. The van der Waals surface area contributed by atoms with Gasteiger partial charge in [0.05, 0.1) is 0 Å². The minimum Gasteiger partial charge on any atom is -0.381 e. The van der Waals surface area contributed by atoms with Gasteiger partial charge in [-0.1, -0.05) is 29.8 Å². The quantitative estimate of drug-likeness (QED) is 0.854. The molecule has 1 unspecified atom stereocenters. The summed E-state index contributed by atoms with van der Waals surface area (Å²) in [6.07, 6.45) is 4.56. The van der Waals surface area contributed by atoms with Crippen LogP contribution in [0.15, 0.2) is 24.3 Å². The van der Waals surface area contributed by atoms with Gasteiger partial charge in [-0.05, 0) is 57.7 Å². The number of ether oxygens (including phenoxy) is 1. The average Bonchev–Trinajstić information content (AvgIpc) is 2.56. The summed E-state index contributed by atoms with van der Waals surface area (Å²) in [6, 6.07) is 8.14. The number of hydrogen-bond acceptors (Lipinski definition) is 3. The van der Waals surface area contributed by atoms with Crippen molar-refractivity contribution in [3.8, 4) is 0 Å². The highest BCUT2D eigenvalue weighted by Gasteiger charge is 2.38. The number of likely N-dealkylation sites (N-methyl/N-ethyl adjacent to an activating group) is 1. The van der Waals surface area contributed by atoms with Gasteiger partial charge in [-0.15, -0.1) is 0 Å². The van der Waals surface area contributed by atoms with Gasteiger partial charge in [0.15, 0.2) is 0 Å².